The van der Waals surface area contributed by atoms with Crippen LogP contribution >= 0.6 is 0 Å². The van der Waals surface area contributed by atoms with Crippen molar-refractivity contribution in [3.8, 4) is 11.1 Å². The quantitative estimate of drug-likeness (QED) is 0.511. The van der Waals surface area contributed by atoms with E-state index in [4.69, 9.17) is 5.73 Å². The molecule has 0 aliphatic carbocycles. The van der Waals surface area contributed by atoms with Gasteiger partial charge in [-0.05, 0) is 31.8 Å². The van der Waals surface area contributed by atoms with Crippen LogP contribution in [0.1, 0.15) is 6.42 Å². The molecule has 4 N–H and O–H groups in total. The molecule has 7 nitrogen and oxygen atoms in total. The second kappa shape index (κ2) is 8.83. The molecule has 0 unspecified atom stereocenters. The van der Waals surface area contributed by atoms with Crippen LogP contribution in [-0.2, 0) is 6.54 Å². The number of benzene rings is 1. The molecule has 0 radical (unpaired) electrons. The van der Waals surface area contributed by atoms with E-state index in [1.807, 2.05) is 37.1 Å². The molecule has 3 rings (SSSR count). The van der Waals surface area contributed by atoms with Gasteiger partial charge >= 0.3 is 0 Å². The highest BCUT2D eigenvalue weighted by Crippen LogP contribution is 2.23. The average molecular weight is 368 g/mol. The lowest BCUT2D eigenvalue weighted by Gasteiger charge is -2.27. The number of aromatic nitrogens is 2. The molecule has 0 spiro atoms. The van der Waals surface area contributed by atoms with Crippen LogP contribution in [0.2, 0.25) is 0 Å². The molecule has 0 amide bonds. The van der Waals surface area contributed by atoms with Gasteiger partial charge in [0.1, 0.15) is 5.84 Å². The van der Waals surface area contributed by atoms with Crippen LogP contribution in [0.3, 0.4) is 0 Å². The predicted molar refractivity (Wildman–Crippen MR) is 111 cm³/mol. The summed E-state index contributed by atoms with van der Waals surface area (Å²) in [5, 5.41) is 10.8. The van der Waals surface area contributed by atoms with Crippen LogP contribution in [0.15, 0.2) is 52.9 Å². The first kappa shape index (κ1) is 19.1. The molecular formula is C20H29N7. The maximum absolute atomic E-state index is 6.31. The Morgan fingerprint density at radius 1 is 1.22 bits per heavy atom. The molecule has 0 atom stereocenters. The highest BCUT2D eigenvalue weighted by molar-refractivity contribution is 5.99. The molecule has 7 heteroatoms. The average Bonchev–Trinajstić information content (AvgIpc) is 3.16. The van der Waals surface area contributed by atoms with Gasteiger partial charge in [0.05, 0.1) is 18.4 Å². The fraction of sp³-hybridized carbons (Fsp3) is 0.400. The van der Waals surface area contributed by atoms with E-state index in [-0.39, 0.29) is 0 Å². The zero-order chi connectivity index (χ0) is 19.2. The Hall–Kier alpha value is -2.64. The van der Waals surface area contributed by atoms with Crippen molar-refractivity contribution in [1.82, 2.24) is 25.3 Å². The Kier molecular flexibility index (Phi) is 6.26. The number of amidine groups is 1. The summed E-state index contributed by atoms with van der Waals surface area (Å²) in [6.45, 7) is 3.60. The molecule has 144 valence electrons. The number of nitrogens with two attached hydrogens (primary N) is 1. The van der Waals surface area contributed by atoms with Crippen molar-refractivity contribution < 1.29 is 0 Å². The first-order chi connectivity index (χ1) is 13.1. The molecule has 1 aliphatic rings. The second-order valence-corrected chi connectivity index (χ2v) is 6.83. The molecule has 0 bridgehead atoms. The van der Waals surface area contributed by atoms with E-state index in [1.54, 1.807) is 0 Å². The molecule has 1 aromatic carbocycles. The van der Waals surface area contributed by atoms with Crippen molar-refractivity contribution in [1.29, 1.82) is 0 Å². The van der Waals surface area contributed by atoms with Gasteiger partial charge in [0, 0.05) is 56.1 Å². The standard InChI is InChI=1S/C20H29N7/c1-22-9-11-27-13-16(12-24-27)15-4-6-17(7-5-15)25-20(21)18-14-26(3)10-8-19(18)23-2/h4-7,12-13,22-23H,8-11,14H2,1-3H3,(H2,21,25). The van der Waals surface area contributed by atoms with Gasteiger partial charge in [0.25, 0.3) is 0 Å². The lowest BCUT2D eigenvalue weighted by Crippen LogP contribution is -2.36. The van der Waals surface area contributed by atoms with Crippen molar-refractivity contribution in [2.24, 2.45) is 10.7 Å². The molecule has 1 aliphatic heterocycles. The number of nitrogens with zero attached hydrogens (tertiary/aromatic N) is 4. The zero-order valence-corrected chi connectivity index (χ0v) is 16.4. The number of nitrogens with one attached hydrogen (secondary N) is 2. The van der Waals surface area contributed by atoms with E-state index in [2.05, 4.69) is 51.0 Å². The fourth-order valence-corrected chi connectivity index (χ4v) is 3.21. The molecule has 0 saturated heterocycles. The molecular weight excluding hydrogens is 338 g/mol. The summed E-state index contributed by atoms with van der Waals surface area (Å²) in [5.41, 5.74) is 11.7. The molecule has 27 heavy (non-hydrogen) atoms. The summed E-state index contributed by atoms with van der Waals surface area (Å²) < 4.78 is 1.95. The second-order valence-electron chi connectivity index (χ2n) is 6.83. The minimum atomic E-state index is 0.582. The van der Waals surface area contributed by atoms with Crippen molar-refractivity contribution in [2.75, 3.05) is 40.8 Å². The van der Waals surface area contributed by atoms with E-state index in [9.17, 15) is 0 Å². The van der Waals surface area contributed by atoms with E-state index in [0.29, 0.717) is 5.84 Å². The topological polar surface area (TPSA) is 83.5 Å². The first-order valence-electron chi connectivity index (χ1n) is 9.31. The number of aliphatic imine (C=N–C) groups is 1. The van der Waals surface area contributed by atoms with Crippen LogP contribution in [0.4, 0.5) is 5.69 Å². The van der Waals surface area contributed by atoms with Crippen molar-refractivity contribution in [3.63, 3.8) is 0 Å². The summed E-state index contributed by atoms with van der Waals surface area (Å²) in [6.07, 6.45) is 4.92. The van der Waals surface area contributed by atoms with E-state index in [0.717, 1.165) is 55.0 Å². The Labute approximate surface area is 161 Å². The minimum Gasteiger partial charge on any atom is -0.391 e. The van der Waals surface area contributed by atoms with E-state index < -0.39 is 0 Å². The minimum absolute atomic E-state index is 0.582. The van der Waals surface area contributed by atoms with Crippen molar-refractivity contribution in [3.05, 3.63) is 47.9 Å². The smallest absolute Gasteiger partial charge is 0.130 e. The van der Waals surface area contributed by atoms with Gasteiger partial charge in [-0.1, -0.05) is 12.1 Å². The molecule has 2 heterocycles. The lowest BCUT2D eigenvalue weighted by atomic mass is 10.1. The zero-order valence-electron chi connectivity index (χ0n) is 16.4. The normalized spacial score (nSPS) is 16.0. The number of hydrogen-bond acceptors (Lipinski definition) is 5. The third-order valence-corrected chi connectivity index (χ3v) is 4.82. The van der Waals surface area contributed by atoms with Crippen LogP contribution in [0.25, 0.3) is 11.1 Å². The van der Waals surface area contributed by atoms with Gasteiger partial charge < -0.3 is 21.3 Å². The fourth-order valence-electron chi connectivity index (χ4n) is 3.21. The highest BCUT2D eigenvalue weighted by atomic mass is 15.3. The Morgan fingerprint density at radius 2 is 2.00 bits per heavy atom. The van der Waals surface area contributed by atoms with Gasteiger partial charge in [-0.25, -0.2) is 4.99 Å². The number of rotatable bonds is 7. The van der Waals surface area contributed by atoms with Crippen LogP contribution in [-0.4, -0.2) is 61.3 Å². The van der Waals surface area contributed by atoms with Gasteiger partial charge in [0.15, 0.2) is 0 Å². The van der Waals surface area contributed by atoms with Crippen molar-refractivity contribution >= 4 is 11.5 Å². The maximum atomic E-state index is 6.31. The van der Waals surface area contributed by atoms with Gasteiger partial charge in [-0.3, -0.25) is 4.68 Å². The monoisotopic (exact) mass is 367 g/mol. The molecule has 1 aromatic heterocycles. The van der Waals surface area contributed by atoms with E-state index >= 15 is 0 Å². The summed E-state index contributed by atoms with van der Waals surface area (Å²) >= 11 is 0. The van der Waals surface area contributed by atoms with Gasteiger partial charge in [0.2, 0.25) is 0 Å². The Balaban J connectivity index is 1.76. The molecule has 0 fully saturated rings. The molecule has 0 saturated carbocycles. The summed E-state index contributed by atoms with van der Waals surface area (Å²) in [6, 6.07) is 8.12. The summed E-state index contributed by atoms with van der Waals surface area (Å²) in [4.78, 5) is 6.89. The molecule has 2 aromatic rings. The number of hydrogen-bond donors (Lipinski definition) is 3. The SMILES string of the molecule is CNCCn1cc(-c2ccc(N=C(N)C3=C(NC)CCN(C)C3)cc2)cn1. The summed E-state index contributed by atoms with van der Waals surface area (Å²) in [5.74, 6) is 0.582. The first-order valence-corrected chi connectivity index (χ1v) is 9.31. The predicted octanol–water partition coefficient (Wildman–Crippen LogP) is 1.57. The lowest BCUT2D eigenvalue weighted by molar-refractivity contribution is 0.348. The van der Waals surface area contributed by atoms with Gasteiger partial charge in [-0.2, -0.15) is 5.10 Å². The Morgan fingerprint density at radius 3 is 2.70 bits per heavy atom. The summed E-state index contributed by atoms with van der Waals surface area (Å²) in [7, 11) is 5.99. The third kappa shape index (κ3) is 4.75. The van der Waals surface area contributed by atoms with Crippen LogP contribution < -0.4 is 16.4 Å². The Bertz CT molecular complexity index is 817. The maximum Gasteiger partial charge on any atom is 0.130 e. The van der Waals surface area contributed by atoms with Crippen molar-refractivity contribution in [2.45, 2.75) is 13.0 Å². The number of likely N-dealkylation sites (N-methyl/N-ethyl adjacent to an activating group) is 2. The highest BCUT2D eigenvalue weighted by Gasteiger charge is 2.18. The third-order valence-electron chi connectivity index (χ3n) is 4.82. The van der Waals surface area contributed by atoms with E-state index in [1.165, 1.54) is 5.70 Å². The van der Waals surface area contributed by atoms with Gasteiger partial charge in [-0.15, -0.1) is 0 Å². The van der Waals surface area contributed by atoms with Crippen LogP contribution in [0.5, 0.6) is 0 Å². The largest absolute Gasteiger partial charge is 0.391 e. The van der Waals surface area contributed by atoms with Crippen LogP contribution in [0, 0.1) is 0 Å².